The van der Waals surface area contributed by atoms with Crippen LogP contribution in [0.1, 0.15) is 0 Å². The van der Waals surface area contributed by atoms with Gasteiger partial charge in [-0.2, -0.15) is 0 Å². The topological polar surface area (TPSA) is 68.2 Å². The zero-order valence-corrected chi connectivity index (χ0v) is 13.9. The zero-order valence-electron chi connectivity index (χ0n) is 13.0. The van der Waals surface area contributed by atoms with Gasteiger partial charge in [0.2, 0.25) is 0 Å². The van der Waals surface area contributed by atoms with Crippen molar-refractivity contribution >= 4 is 34.7 Å². The first-order chi connectivity index (χ1) is 11.6. The molecule has 0 radical (unpaired) electrons. The molecule has 0 saturated carbocycles. The Labute approximate surface area is 142 Å². The number of benzene rings is 2. The Bertz CT molecular complexity index is 897. The van der Waals surface area contributed by atoms with E-state index >= 15 is 0 Å². The number of fused-ring (bicyclic) bond motifs is 1. The van der Waals surface area contributed by atoms with Crippen molar-refractivity contribution < 1.29 is 13.9 Å². The quantitative estimate of drug-likeness (QED) is 0.709. The standard InChI is InChI=1S/C16H15FN4O2S/c1-21-9-18-11-4-3-5-14(15(11)21)24-20-16(22)19-12-8-10(17)6-7-13(12)23-2/h3-9H,1-2H3,(H2,19,20,22). The minimum atomic E-state index is -0.483. The van der Waals surface area contributed by atoms with Crippen molar-refractivity contribution in [3.05, 3.63) is 48.5 Å². The molecule has 0 aliphatic carbocycles. The van der Waals surface area contributed by atoms with E-state index < -0.39 is 11.8 Å². The lowest BCUT2D eigenvalue weighted by molar-refractivity contribution is 0.257. The van der Waals surface area contributed by atoms with Crippen molar-refractivity contribution in [3.63, 3.8) is 0 Å². The number of rotatable bonds is 4. The first-order valence-corrected chi connectivity index (χ1v) is 7.87. The van der Waals surface area contributed by atoms with Gasteiger partial charge < -0.3 is 14.6 Å². The Balaban J connectivity index is 1.72. The minimum absolute atomic E-state index is 0.259. The molecular formula is C16H15FN4O2S. The Morgan fingerprint density at radius 2 is 2.17 bits per heavy atom. The van der Waals surface area contributed by atoms with Crippen LogP contribution in [-0.2, 0) is 7.05 Å². The summed E-state index contributed by atoms with van der Waals surface area (Å²) >= 11 is 1.16. The predicted molar refractivity (Wildman–Crippen MR) is 91.7 cm³/mol. The zero-order chi connectivity index (χ0) is 17.1. The molecule has 1 aromatic heterocycles. The molecule has 1 heterocycles. The average molecular weight is 346 g/mol. The highest BCUT2D eigenvalue weighted by molar-refractivity contribution is 7.98. The summed E-state index contributed by atoms with van der Waals surface area (Å²) in [6.07, 6.45) is 1.71. The number of aromatic nitrogens is 2. The molecule has 0 unspecified atom stereocenters. The molecule has 0 aliphatic rings. The number of amides is 2. The molecule has 8 heteroatoms. The van der Waals surface area contributed by atoms with Crippen molar-refractivity contribution in [3.8, 4) is 5.75 Å². The molecule has 0 aliphatic heterocycles. The van der Waals surface area contributed by atoms with E-state index in [0.29, 0.717) is 5.75 Å². The van der Waals surface area contributed by atoms with Crippen LogP contribution >= 0.6 is 11.9 Å². The molecule has 24 heavy (non-hydrogen) atoms. The van der Waals surface area contributed by atoms with E-state index in [4.69, 9.17) is 4.74 Å². The number of methoxy groups -OCH3 is 1. The van der Waals surface area contributed by atoms with Gasteiger partial charge in [-0.15, -0.1) is 0 Å². The molecular weight excluding hydrogens is 331 g/mol. The summed E-state index contributed by atoms with van der Waals surface area (Å²) in [6.45, 7) is 0. The van der Waals surface area contributed by atoms with Gasteiger partial charge in [-0.05, 0) is 36.2 Å². The van der Waals surface area contributed by atoms with Crippen LogP contribution < -0.4 is 14.8 Å². The van der Waals surface area contributed by atoms with Gasteiger partial charge in [0.25, 0.3) is 0 Å². The Morgan fingerprint density at radius 1 is 1.33 bits per heavy atom. The fraction of sp³-hybridized carbons (Fsp3) is 0.125. The smallest absolute Gasteiger partial charge is 0.329 e. The largest absolute Gasteiger partial charge is 0.495 e. The number of carbonyl (C=O) groups excluding carboxylic acids is 1. The van der Waals surface area contributed by atoms with Crippen LogP contribution in [0.3, 0.4) is 0 Å². The Hall–Kier alpha value is -2.74. The number of anilines is 1. The lowest BCUT2D eigenvalue weighted by Gasteiger charge is -2.11. The van der Waals surface area contributed by atoms with Crippen molar-refractivity contribution in [2.75, 3.05) is 12.4 Å². The van der Waals surface area contributed by atoms with Gasteiger partial charge in [-0.1, -0.05) is 6.07 Å². The molecule has 0 bridgehead atoms. The number of ether oxygens (including phenoxy) is 1. The third kappa shape index (κ3) is 3.28. The molecule has 2 N–H and O–H groups in total. The van der Waals surface area contributed by atoms with Crippen LogP contribution in [0.25, 0.3) is 11.0 Å². The number of urea groups is 1. The summed E-state index contributed by atoms with van der Waals surface area (Å²) < 4.78 is 23.0. The molecule has 0 fully saturated rings. The normalized spacial score (nSPS) is 10.6. The van der Waals surface area contributed by atoms with Crippen LogP contribution in [0.4, 0.5) is 14.9 Å². The fourth-order valence-electron chi connectivity index (χ4n) is 2.29. The Morgan fingerprint density at radius 3 is 2.96 bits per heavy atom. The van der Waals surface area contributed by atoms with Crippen molar-refractivity contribution in [1.82, 2.24) is 14.3 Å². The summed E-state index contributed by atoms with van der Waals surface area (Å²) in [5.41, 5.74) is 2.02. The van der Waals surface area contributed by atoms with Gasteiger partial charge in [0.1, 0.15) is 11.6 Å². The number of aryl methyl sites for hydroxylation is 1. The summed E-state index contributed by atoms with van der Waals surface area (Å²) in [5.74, 6) is -0.0799. The maximum Gasteiger partial charge on any atom is 0.329 e. The fourth-order valence-corrected chi connectivity index (χ4v) is 3.03. The van der Waals surface area contributed by atoms with E-state index in [0.717, 1.165) is 27.9 Å². The monoisotopic (exact) mass is 346 g/mol. The maximum absolute atomic E-state index is 13.3. The van der Waals surface area contributed by atoms with Gasteiger partial charge in [-0.3, -0.25) is 4.72 Å². The van der Waals surface area contributed by atoms with Crippen molar-refractivity contribution in [2.45, 2.75) is 4.90 Å². The lowest BCUT2D eigenvalue weighted by Crippen LogP contribution is -2.23. The molecule has 6 nitrogen and oxygen atoms in total. The summed E-state index contributed by atoms with van der Waals surface area (Å²) in [5, 5.41) is 2.57. The third-order valence-corrected chi connectivity index (χ3v) is 4.20. The molecule has 0 atom stereocenters. The van der Waals surface area contributed by atoms with E-state index in [9.17, 15) is 9.18 Å². The molecule has 3 rings (SSSR count). The molecule has 2 aromatic carbocycles. The first-order valence-electron chi connectivity index (χ1n) is 7.06. The van der Waals surface area contributed by atoms with Crippen LogP contribution in [0.5, 0.6) is 5.75 Å². The van der Waals surface area contributed by atoms with Crippen LogP contribution in [-0.4, -0.2) is 22.7 Å². The van der Waals surface area contributed by atoms with E-state index in [1.165, 1.54) is 25.3 Å². The number of hydrogen-bond acceptors (Lipinski definition) is 4. The van der Waals surface area contributed by atoms with Gasteiger partial charge in [0, 0.05) is 13.1 Å². The lowest BCUT2D eigenvalue weighted by atomic mass is 10.3. The molecule has 0 saturated heterocycles. The molecule has 124 valence electrons. The van der Waals surface area contributed by atoms with E-state index in [2.05, 4.69) is 15.0 Å². The van der Waals surface area contributed by atoms with Crippen LogP contribution in [0.2, 0.25) is 0 Å². The average Bonchev–Trinajstić information content (AvgIpc) is 2.95. The summed E-state index contributed by atoms with van der Waals surface area (Å²) in [4.78, 5) is 17.2. The number of carbonyl (C=O) groups is 1. The highest BCUT2D eigenvalue weighted by Crippen LogP contribution is 2.27. The first kappa shape index (κ1) is 16.1. The van der Waals surface area contributed by atoms with Gasteiger partial charge in [0.15, 0.2) is 0 Å². The highest BCUT2D eigenvalue weighted by Gasteiger charge is 2.11. The summed E-state index contributed by atoms with van der Waals surface area (Å²) in [6, 6.07) is 9.09. The van der Waals surface area contributed by atoms with E-state index in [1.807, 2.05) is 29.8 Å². The summed E-state index contributed by atoms with van der Waals surface area (Å²) in [7, 11) is 3.34. The van der Waals surface area contributed by atoms with Gasteiger partial charge in [-0.25, -0.2) is 14.2 Å². The third-order valence-electron chi connectivity index (χ3n) is 3.36. The minimum Gasteiger partial charge on any atom is -0.495 e. The van der Waals surface area contributed by atoms with Crippen LogP contribution in [0, 0.1) is 5.82 Å². The number of nitrogens with zero attached hydrogens (tertiary/aromatic N) is 2. The molecule has 3 aromatic rings. The second kappa shape index (κ2) is 6.79. The van der Waals surface area contributed by atoms with E-state index in [1.54, 1.807) is 6.33 Å². The number of imidazole rings is 1. The number of halogens is 1. The number of nitrogens with one attached hydrogen (secondary N) is 2. The maximum atomic E-state index is 13.3. The van der Waals surface area contributed by atoms with Crippen molar-refractivity contribution in [1.29, 1.82) is 0 Å². The van der Waals surface area contributed by atoms with Crippen LogP contribution in [0.15, 0.2) is 47.6 Å². The van der Waals surface area contributed by atoms with Gasteiger partial charge in [0.05, 0.1) is 35.1 Å². The molecule has 2 amide bonds. The predicted octanol–water partition coefficient (Wildman–Crippen LogP) is 3.55. The number of para-hydroxylation sites is 1. The van der Waals surface area contributed by atoms with Gasteiger partial charge >= 0.3 is 6.03 Å². The van der Waals surface area contributed by atoms with Crippen molar-refractivity contribution in [2.24, 2.45) is 7.05 Å². The Kier molecular flexibility index (Phi) is 4.57. The number of hydrogen-bond donors (Lipinski definition) is 2. The second-order valence-corrected chi connectivity index (χ2v) is 5.83. The second-order valence-electron chi connectivity index (χ2n) is 4.98. The van der Waals surface area contributed by atoms with E-state index in [-0.39, 0.29) is 5.69 Å². The highest BCUT2D eigenvalue weighted by atomic mass is 32.2. The SMILES string of the molecule is COc1ccc(F)cc1NC(=O)NSc1cccc2ncn(C)c12. The molecule has 0 spiro atoms.